The van der Waals surface area contributed by atoms with E-state index in [-0.39, 0.29) is 5.91 Å². The quantitative estimate of drug-likeness (QED) is 0.780. The molecule has 1 amide bonds. The number of hydrogen-bond donors (Lipinski definition) is 1. The predicted octanol–water partition coefficient (Wildman–Crippen LogP) is 2.86. The fourth-order valence-corrected chi connectivity index (χ4v) is 2.26. The second kappa shape index (κ2) is 7.83. The number of nitrogens with one attached hydrogen (secondary N) is 1. The molecule has 112 valence electrons. The molecule has 0 spiro atoms. The number of aromatic nitrogens is 2. The van der Waals surface area contributed by atoms with Crippen LogP contribution in [0.25, 0.3) is 0 Å². The first-order chi connectivity index (χ1) is 10.2. The van der Waals surface area contributed by atoms with Gasteiger partial charge in [-0.1, -0.05) is 12.1 Å². The number of para-hydroxylation sites is 1. The van der Waals surface area contributed by atoms with Gasteiger partial charge < -0.3 is 10.1 Å². The maximum atomic E-state index is 12.1. The summed E-state index contributed by atoms with van der Waals surface area (Å²) < 4.78 is 8.25. The maximum absolute atomic E-state index is 12.1. The minimum absolute atomic E-state index is 0.110. The first kappa shape index (κ1) is 15.6. The third-order valence-corrected chi connectivity index (χ3v) is 3.29. The smallest absolute Gasteiger partial charge is 0.255 e. The number of benzene rings is 1. The second-order valence-electron chi connectivity index (χ2n) is 4.46. The van der Waals surface area contributed by atoms with Gasteiger partial charge in [-0.25, -0.2) is 0 Å². The summed E-state index contributed by atoms with van der Waals surface area (Å²) in [4.78, 5) is 12.1. The van der Waals surface area contributed by atoms with Crippen LogP contribution < -0.4 is 10.1 Å². The number of carbonyl (C=O) groups excluding carboxylic acids is 1. The molecule has 2 aromatic rings. The lowest BCUT2D eigenvalue weighted by atomic mass is 10.2. The van der Waals surface area contributed by atoms with Crippen molar-refractivity contribution in [2.75, 3.05) is 13.2 Å². The highest BCUT2D eigenvalue weighted by molar-refractivity contribution is 9.10. The summed E-state index contributed by atoms with van der Waals surface area (Å²) in [6, 6.07) is 7.26. The van der Waals surface area contributed by atoms with E-state index in [0.717, 1.165) is 17.4 Å². The highest BCUT2D eigenvalue weighted by Crippen LogP contribution is 2.17. The number of hydrogen-bond acceptors (Lipinski definition) is 3. The molecule has 0 radical (unpaired) electrons. The fraction of sp³-hybridized carbons (Fsp3) is 0.333. The lowest BCUT2D eigenvalue weighted by Gasteiger charge is -2.10. The van der Waals surface area contributed by atoms with Crippen LogP contribution in [0.2, 0.25) is 0 Å². The van der Waals surface area contributed by atoms with Gasteiger partial charge in [-0.3, -0.25) is 9.48 Å². The highest BCUT2D eigenvalue weighted by Gasteiger charge is 2.10. The van der Waals surface area contributed by atoms with E-state index in [9.17, 15) is 4.79 Å². The molecule has 0 unspecified atom stereocenters. The molecule has 1 N–H and O–H groups in total. The van der Waals surface area contributed by atoms with E-state index in [1.165, 1.54) is 0 Å². The minimum Gasteiger partial charge on any atom is -0.493 e. The van der Waals surface area contributed by atoms with Gasteiger partial charge in [0.25, 0.3) is 5.91 Å². The Balaban J connectivity index is 1.82. The Kier molecular flexibility index (Phi) is 5.80. The Morgan fingerprint density at radius 3 is 2.95 bits per heavy atom. The van der Waals surface area contributed by atoms with Gasteiger partial charge in [-0.05, 0) is 41.4 Å². The molecule has 1 heterocycles. The summed E-state index contributed by atoms with van der Waals surface area (Å²) in [5.74, 6) is 0.509. The van der Waals surface area contributed by atoms with Crippen LogP contribution in [0.5, 0.6) is 5.75 Å². The fourth-order valence-electron chi connectivity index (χ4n) is 1.93. The summed E-state index contributed by atoms with van der Waals surface area (Å²) in [5.41, 5.74) is 0.571. The predicted molar refractivity (Wildman–Crippen MR) is 84.5 cm³/mol. The average Bonchev–Trinajstić information content (AvgIpc) is 2.90. The molecular weight excluding hydrogens is 334 g/mol. The summed E-state index contributed by atoms with van der Waals surface area (Å²) in [6.45, 7) is 3.80. The van der Waals surface area contributed by atoms with Crippen LogP contribution in [0, 0.1) is 0 Å². The lowest BCUT2D eigenvalue weighted by Crippen LogP contribution is -2.25. The van der Waals surface area contributed by atoms with E-state index >= 15 is 0 Å². The molecule has 0 aliphatic rings. The Hall–Kier alpha value is -1.82. The molecule has 5 nitrogen and oxygen atoms in total. The zero-order chi connectivity index (χ0) is 15.1. The number of halogens is 1. The van der Waals surface area contributed by atoms with Crippen molar-refractivity contribution in [3.63, 3.8) is 0 Å². The van der Waals surface area contributed by atoms with Crippen molar-refractivity contribution in [1.29, 1.82) is 0 Å². The molecule has 21 heavy (non-hydrogen) atoms. The van der Waals surface area contributed by atoms with Gasteiger partial charge in [0.05, 0.1) is 22.8 Å². The summed E-state index contributed by atoms with van der Waals surface area (Å²) in [5, 5.41) is 7.07. The normalized spacial score (nSPS) is 10.4. The number of ether oxygens (including phenoxy) is 1. The molecule has 1 aromatic carbocycles. The molecule has 0 aliphatic heterocycles. The number of amides is 1. The van der Waals surface area contributed by atoms with Crippen molar-refractivity contribution < 1.29 is 9.53 Å². The largest absolute Gasteiger partial charge is 0.493 e. The molecule has 0 saturated heterocycles. The van der Waals surface area contributed by atoms with Gasteiger partial charge in [-0.15, -0.1) is 0 Å². The van der Waals surface area contributed by atoms with Gasteiger partial charge in [0.15, 0.2) is 0 Å². The molecule has 0 fully saturated rings. The number of carbonyl (C=O) groups is 1. The SMILES string of the molecule is CCOc1ccccc1C(=O)NCCCn1cc(Br)cn1. The van der Waals surface area contributed by atoms with E-state index in [2.05, 4.69) is 26.3 Å². The zero-order valence-electron chi connectivity index (χ0n) is 11.9. The number of aryl methyl sites for hydroxylation is 1. The van der Waals surface area contributed by atoms with Crippen LogP contribution in [-0.2, 0) is 6.54 Å². The number of nitrogens with zero attached hydrogens (tertiary/aromatic N) is 2. The molecule has 0 bridgehead atoms. The average molecular weight is 352 g/mol. The number of rotatable bonds is 7. The third-order valence-electron chi connectivity index (χ3n) is 2.88. The topological polar surface area (TPSA) is 56.1 Å². The van der Waals surface area contributed by atoms with Crippen molar-refractivity contribution in [2.24, 2.45) is 0 Å². The standard InChI is InChI=1S/C15H18BrN3O2/c1-2-21-14-7-4-3-6-13(14)15(20)17-8-5-9-19-11-12(16)10-18-19/h3-4,6-7,10-11H,2,5,8-9H2,1H3,(H,17,20). The Labute approximate surface area is 132 Å². The molecule has 0 atom stereocenters. The zero-order valence-corrected chi connectivity index (χ0v) is 13.5. The van der Waals surface area contributed by atoms with E-state index in [1.807, 2.05) is 29.9 Å². The van der Waals surface area contributed by atoms with Crippen LogP contribution in [0.3, 0.4) is 0 Å². The molecule has 0 aliphatic carbocycles. The summed E-state index contributed by atoms with van der Waals surface area (Å²) in [6.07, 6.45) is 4.47. The van der Waals surface area contributed by atoms with Crippen molar-refractivity contribution in [2.45, 2.75) is 19.9 Å². The highest BCUT2D eigenvalue weighted by atomic mass is 79.9. The first-order valence-corrected chi connectivity index (χ1v) is 7.68. The van der Waals surface area contributed by atoms with Crippen LogP contribution >= 0.6 is 15.9 Å². The third kappa shape index (κ3) is 4.60. The van der Waals surface area contributed by atoms with Crippen molar-refractivity contribution in [1.82, 2.24) is 15.1 Å². The first-order valence-electron chi connectivity index (χ1n) is 6.88. The lowest BCUT2D eigenvalue weighted by molar-refractivity contribution is 0.0949. The van der Waals surface area contributed by atoms with Crippen molar-refractivity contribution in [3.8, 4) is 5.75 Å². The van der Waals surface area contributed by atoms with Gasteiger partial charge in [0.1, 0.15) is 5.75 Å². The minimum atomic E-state index is -0.110. The van der Waals surface area contributed by atoms with E-state index in [0.29, 0.717) is 24.5 Å². The molecule has 1 aromatic heterocycles. The van der Waals surface area contributed by atoms with Crippen LogP contribution in [0.4, 0.5) is 0 Å². The van der Waals surface area contributed by atoms with Crippen LogP contribution in [-0.4, -0.2) is 28.8 Å². The van der Waals surface area contributed by atoms with E-state index in [4.69, 9.17) is 4.74 Å². The van der Waals surface area contributed by atoms with Gasteiger partial charge in [0, 0.05) is 19.3 Å². The maximum Gasteiger partial charge on any atom is 0.255 e. The summed E-state index contributed by atoms with van der Waals surface area (Å²) >= 11 is 3.35. The summed E-state index contributed by atoms with van der Waals surface area (Å²) in [7, 11) is 0. The Bertz CT molecular complexity index is 598. The molecule has 6 heteroatoms. The molecule has 0 saturated carbocycles. The molecular formula is C15H18BrN3O2. The van der Waals surface area contributed by atoms with Gasteiger partial charge in [-0.2, -0.15) is 5.10 Å². The second-order valence-corrected chi connectivity index (χ2v) is 5.38. The van der Waals surface area contributed by atoms with Crippen molar-refractivity contribution in [3.05, 3.63) is 46.7 Å². The molecule has 2 rings (SSSR count). The van der Waals surface area contributed by atoms with Crippen LogP contribution in [0.15, 0.2) is 41.1 Å². The Morgan fingerprint density at radius 1 is 1.43 bits per heavy atom. The van der Waals surface area contributed by atoms with Gasteiger partial charge in [0.2, 0.25) is 0 Å². The van der Waals surface area contributed by atoms with Crippen LogP contribution in [0.1, 0.15) is 23.7 Å². The monoisotopic (exact) mass is 351 g/mol. The van der Waals surface area contributed by atoms with Crippen molar-refractivity contribution >= 4 is 21.8 Å². The van der Waals surface area contributed by atoms with E-state index in [1.54, 1.807) is 18.3 Å². The van der Waals surface area contributed by atoms with Gasteiger partial charge >= 0.3 is 0 Å². The Morgan fingerprint density at radius 2 is 2.24 bits per heavy atom. The van der Waals surface area contributed by atoms with E-state index < -0.39 is 0 Å².